The second-order valence-electron chi connectivity index (χ2n) is 4.81. The van der Waals surface area contributed by atoms with Crippen LogP contribution in [0.4, 0.5) is 0 Å². The van der Waals surface area contributed by atoms with E-state index < -0.39 is 5.60 Å². The molecule has 0 bridgehead atoms. The first-order valence-electron chi connectivity index (χ1n) is 5.50. The van der Waals surface area contributed by atoms with Crippen molar-refractivity contribution in [3.63, 3.8) is 0 Å². The third-order valence-corrected chi connectivity index (χ3v) is 2.18. The van der Waals surface area contributed by atoms with Crippen LogP contribution in [-0.4, -0.2) is 36.9 Å². The van der Waals surface area contributed by atoms with E-state index in [2.05, 4.69) is 5.32 Å². The van der Waals surface area contributed by atoms with Crippen LogP contribution in [0.2, 0.25) is 0 Å². The van der Waals surface area contributed by atoms with Crippen LogP contribution in [0.15, 0.2) is 0 Å². The Morgan fingerprint density at radius 1 is 1.47 bits per heavy atom. The molecule has 88 valence electrons. The number of ether oxygens (including phenoxy) is 2. The number of esters is 1. The summed E-state index contributed by atoms with van der Waals surface area (Å²) in [5.41, 5.74) is -0.414. The molecule has 0 aromatic rings. The highest BCUT2D eigenvalue weighted by Gasteiger charge is 2.32. The maximum atomic E-state index is 11.7. The molecule has 0 spiro atoms. The third-order valence-electron chi connectivity index (χ3n) is 2.18. The largest absolute Gasteiger partial charge is 0.459 e. The summed E-state index contributed by atoms with van der Waals surface area (Å²) in [6.45, 7) is 9.01. The van der Waals surface area contributed by atoms with Crippen molar-refractivity contribution in [1.82, 2.24) is 5.32 Å². The molecule has 1 saturated heterocycles. The number of rotatable bonds is 3. The van der Waals surface area contributed by atoms with E-state index in [1.54, 1.807) is 0 Å². The SMILES string of the molecule is CCOC1CN[C@H](C(=O)OC(C)(C)C)C1. The Hall–Kier alpha value is -0.610. The molecule has 1 aliphatic rings. The van der Waals surface area contributed by atoms with Crippen molar-refractivity contribution in [2.45, 2.75) is 51.9 Å². The molecule has 4 heteroatoms. The summed E-state index contributed by atoms with van der Waals surface area (Å²) in [6.07, 6.45) is 0.857. The van der Waals surface area contributed by atoms with E-state index in [1.165, 1.54) is 0 Å². The van der Waals surface area contributed by atoms with Crippen LogP contribution in [0.1, 0.15) is 34.1 Å². The molecular formula is C11H21NO3. The molecule has 2 atom stereocenters. The highest BCUT2D eigenvalue weighted by atomic mass is 16.6. The molecule has 1 N–H and O–H groups in total. The van der Waals surface area contributed by atoms with Gasteiger partial charge in [-0.1, -0.05) is 0 Å². The maximum absolute atomic E-state index is 11.7. The quantitative estimate of drug-likeness (QED) is 0.716. The number of carbonyl (C=O) groups is 1. The van der Waals surface area contributed by atoms with Crippen molar-refractivity contribution in [1.29, 1.82) is 0 Å². The van der Waals surface area contributed by atoms with E-state index in [-0.39, 0.29) is 18.1 Å². The average molecular weight is 215 g/mol. The van der Waals surface area contributed by atoms with Gasteiger partial charge in [-0.15, -0.1) is 0 Å². The standard InChI is InChI=1S/C11H21NO3/c1-5-14-8-6-9(12-7-8)10(13)15-11(2,3)4/h8-9,12H,5-7H2,1-4H3/t8?,9-/m0/s1. The van der Waals surface area contributed by atoms with Crippen LogP contribution < -0.4 is 5.32 Å². The molecule has 1 aliphatic heterocycles. The molecule has 0 aromatic carbocycles. The van der Waals surface area contributed by atoms with E-state index >= 15 is 0 Å². The van der Waals surface area contributed by atoms with Gasteiger partial charge < -0.3 is 14.8 Å². The van der Waals surface area contributed by atoms with Gasteiger partial charge in [-0.2, -0.15) is 0 Å². The van der Waals surface area contributed by atoms with Crippen molar-refractivity contribution < 1.29 is 14.3 Å². The highest BCUT2D eigenvalue weighted by molar-refractivity contribution is 5.76. The first-order chi connectivity index (χ1) is 6.92. The van der Waals surface area contributed by atoms with E-state index in [0.29, 0.717) is 13.0 Å². The van der Waals surface area contributed by atoms with Crippen LogP contribution in [0.3, 0.4) is 0 Å². The lowest BCUT2D eigenvalue weighted by atomic mass is 10.1. The molecule has 1 fully saturated rings. The second-order valence-corrected chi connectivity index (χ2v) is 4.81. The fourth-order valence-electron chi connectivity index (χ4n) is 1.62. The zero-order chi connectivity index (χ0) is 11.5. The minimum atomic E-state index is -0.414. The van der Waals surface area contributed by atoms with Gasteiger partial charge in [0.25, 0.3) is 0 Å². The minimum Gasteiger partial charge on any atom is -0.459 e. The zero-order valence-corrected chi connectivity index (χ0v) is 10.0. The molecular weight excluding hydrogens is 194 g/mol. The van der Waals surface area contributed by atoms with Gasteiger partial charge in [0.2, 0.25) is 0 Å². The molecule has 1 heterocycles. The second kappa shape index (κ2) is 4.94. The van der Waals surface area contributed by atoms with Crippen LogP contribution in [-0.2, 0) is 14.3 Å². The summed E-state index contributed by atoms with van der Waals surface area (Å²) in [6, 6.07) is -0.208. The summed E-state index contributed by atoms with van der Waals surface area (Å²) in [5, 5.41) is 3.11. The van der Waals surface area contributed by atoms with Crippen molar-refractivity contribution in [3.8, 4) is 0 Å². The lowest BCUT2D eigenvalue weighted by molar-refractivity contribution is -0.157. The van der Waals surface area contributed by atoms with Gasteiger partial charge in [0.1, 0.15) is 11.6 Å². The maximum Gasteiger partial charge on any atom is 0.323 e. The van der Waals surface area contributed by atoms with E-state index in [9.17, 15) is 4.79 Å². The fourth-order valence-corrected chi connectivity index (χ4v) is 1.62. The Bertz CT molecular complexity index is 222. The predicted octanol–water partition coefficient (Wildman–Crippen LogP) is 1.10. The summed E-state index contributed by atoms with van der Waals surface area (Å²) < 4.78 is 10.7. The molecule has 4 nitrogen and oxygen atoms in total. The molecule has 0 amide bonds. The molecule has 0 aliphatic carbocycles. The van der Waals surface area contributed by atoms with Crippen LogP contribution in [0.25, 0.3) is 0 Å². The fraction of sp³-hybridized carbons (Fsp3) is 0.909. The number of hydrogen-bond donors (Lipinski definition) is 1. The normalized spacial score (nSPS) is 26.7. The van der Waals surface area contributed by atoms with Crippen molar-refractivity contribution >= 4 is 5.97 Å². The van der Waals surface area contributed by atoms with Gasteiger partial charge in [-0.25, -0.2) is 0 Å². The lowest BCUT2D eigenvalue weighted by Crippen LogP contribution is -2.37. The lowest BCUT2D eigenvalue weighted by Gasteiger charge is -2.22. The predicted molar refractivity (Wildman–Crippen MR) is 57.7 cm³/mol. The number of carbonyl (C=O) groups excluding carboxylic acids is 1. The zero-order valence-electron chi connectivity index (χ0n) is 10.0. The third kappa shape index (κ3) is 4.18. The molecule has 0 radical (unpaired) electrons. The molecule has 1 rings (SSSR count). The Morgan fingerprint density at radius 2 is 2.13 bits per heavy atom. The summed E-state index contributed by atoms with van der Waals surface area (Å²) in [7, 11) is 0. The summed E-state index contributed by atoms with van der Waals surface area (Å²) >= 11 is 0. The van der Waals surface area contributed by atoms with E-state index in [4.69, 9.17) is 9.47 Å². The molecule has 1 unspecified atom stereocenters. The molecule has 0 saturated carbocycles. The van der Waals surface area contributed by atoms with Crippen LogP contribution >= 0.6 is 0 Å². The van der Waals surface area contributed by atoms with Gasteiger partial charge >= 0.3 is 5.97 Å². The Morgan fingerprint density at radius 3 is 2.67 bits per heavy atom. The minimum absolute atomic E-state index is 0.146. The van der Waals surface area contributed by atoms with E-state index in [1.807, 2.05) is 27.7 Å². The summed E-state index contributed by atoms with van der Waals surface area (Å²) in [5.74, 6) is -0.176. The van der Waals surface area contributed by atoms with Crippen LogP contribution in [0.5, 0.6) is 0 Å². The Kier molecular flexibility index (Phi) is 4.11. The van der Waals surface area contributed by atoms with Gasteiger partial charge in [-0.05, 0) is 27.7 Å². The van der Waals surface area contributed by atoms with Gasteiger partial charge in [0.15, 0.2) is 0 Å². The average Bonchev–Trinajstić information content (AvgIpc) is 2.50. The number of nitrogens with one attached hydrogen (secondary N) is 1. The molecule has 0 aromatic heterocycles. The number of hydrogen-bond acceptors (Lipinski definition) is 4. The Balaban J connectivity index is 2.37. The van der Waals surface area contributed by atoms with E-state index in [0.717, 1.165) is 6.54 Å². The van der Waals surface area contributed by atoms with Gasteiger partial charge in [-0.3, -0.25) is 4.79 Å². The Labute approximate surface area is 91.3 Å². The van der Waals surface area contributed by atoms with Crippen molar-refractivity contribution in [2.24, 2.45) is 0 Å². The van der Waals surface area contributed by atoms with Crippen LogP contribution in [0, 0.1) is 0 Å². The first kappa shape index (κ1) is 12.5. The van der Waals surface area contributed by atoms with Gasteiger partial charge in [0, 0.05) is 19.6 Å². The van der Waals surface area contributed by atoms with Crippen molar-refractivity contribution in [3.05, 3.63) is 0 Å². The monoisotopic (exact) mass is 215 g/mol. The van der Waals surface area contributed by atoms with Gasteiger partial charge in [0.05, 0.1) is 6.10 Å². The molecule has 15 heavy (non-hydrogen) atoms. The topological polar surface area (TPSA) is 47.6 Å². The summed E-state index contributed by atoms with van der Waals surface area (Å²) in [4.78, 5) is 11.7. The first-order valence-corrected chi connectivity index (χ1v) is 5.50. The van der Waals surface area contributed by atoms with Crippen molar-refractivity contribution in [2.75, 3.05) is 13.2 Å². The highest BCUT2D eigenvalue weighted by Crippen LogP contribution is 2.15. The smallest absolute Gasteiger partial charge is 0.323 e.